The zero-order valence-electron chi connectivity index (χ0n) is 8.23. The quantitative estimate of drug-likeness (QED) is 0.323. The normalized spacial score (nSPS) is 9.27. The molecule has 4 heteroatoms. The van der Waals surface area contributed by atoms with Crippen molar-refractivity contribution >= 4 is 5.97 Å². The van der Waals surface area contributed by atoms with Gasteiger partial charge in [-0.1, -0.05) is 6.58 Å². The fourth-order valence-electron chi connectivity index (χ4n) is 0.934. The Hall–Kier alpha value is -1.99. The first-order valence-corrected chi connectivity index (χ1v) is 4.42. The number of carbonyl (C=O) groups excluding carboxylic acids is 1. The molecule has 0 saturated heterocycles. The molecule has 78 valence electrons. The third-order valence-corrected chi connectivity index (χ3v) is 1.59. The molecule has 4 nitrogen and oxygen atoms in total. The van der Waals surface area contributed by atoms with Crippen LogP contribution in [0.25, 0.3) is 0 Å². The Morgan fingerprint density at radius 3 is 3.13 bits per heavy atom. The molecule has 0 bridgehead atoms. The lowest BCUT2D eigenvalue weighted by atomic mass is 10.4. The minimum absolute atomic E-state index is 0.160. The van der Waals surface area contributed by atoms with E-state index in [1.54, 1.807) is 11.4 Å². The molecule has 0 radical (unpaired) electrons. The van der Waals surface area contributed by atoms with Crippen molar-refractivity contribution in [1.29, 1.82) is 0 Å². The molecule has 1 aromatic heterocycles. The van der Waals surface area contributed by atoms with E-state index in [0.717, 1.165) is 0 Å². The van der Waals surface area contributed by atoms with E-state index in [1.165, 1.54) is 12.3 Å². The van der Waals surface area contributed by atoms with E-state index in [1.807, 2.05) is 0 Å². The number of rotatable bonds is 5. The topological polar surface area (TPSA) is 56.0 Å². The molecule has 0 saturated carbocycles. The number of hydrogen-bond acceptors (Lipinski definition) is 3. The number of terminal acetylenes is 1. The summed E-state index contributed by atoms with van der Waals surface area (Å²) in [6.07, 6.45) is 6.47. The first kappa shape index (κ1) is 11.1. The maximum absolute atomic E-state index is 11.3. The molecular formula is C11H12NO3+. The van der Waals surface area contributed by atoms with E-state index in [-0.39, 0.29) is 5.76 Å². The average molecular weight is 206 g/mol. The van der Waals surface area contributed by atoms with Crippen LogP contribution < -0.4 is 5.32 Å². The lowest BCUT2D eigenvalue weighted by molar-refractivity contribution is -0.639. The highest BCUT2D eigenvalue weighted by molar-refractivity contribution is 5.86. The molecule has 0 aromatic carbocycles. The van der Waals surface area contributed by atoms with Crippen LogP contribution in [0.3, 0.4) is 0 Å². The van der Waals surface area contributed by atoms with E-state index in [0.29, 0.717) is 18.8 Å². The Labute approximate surface area is 87.9 Å². The number of esters is 1. The molecule has 0 spiro atoms. The Balaban J connectivity index is 2.33. The monoisotopic (exact) mass is 206 g/mol. The van der Waals surface area contributed by atoms with Gasteiger partial charge in [0.2, 0.25) is 5.76 Å². The Morgan fingerprint density at radius 2 is 2.53 bits per heavy atom. The maximum Gasteiger partial charge on any atom is 0.379 e. The Morgan fingerprint density at radius 1 is 1.73 bits per heavy atom. The highest BCUT2D eigenvalue weighted by atomic mass is 16.5. The molecule has 0 fully saturated rings. The van der Waals surface area contributed by atoms with Crippen LogP contribution in [-0.2, 0) is 4.74 Å². The van der Waals surface area contributed by atoms with Crippen LogP contribution in [0.4, 0.5) is 0 Å². The van der Waals surface area contributed by atoms with Crippen LogP contribution in [0.15, 0.2) is 35.2 Å². The standard InChI is InChI=1S/C11H11NO3/c1-3-6-12-8-9(2)15-11(13)10-5-4-7-14-10/h1,4-5,7,12H,2,6,8H2/p+1. The number of hydrogen-bond donors (Lipinski definition) is 1. The molecule has 2 N–H and O–H groups in total. The second kappa shape index (κ2) is 5.68. The summed E-state index contributed by atoms with van der Waals surface area (Å²) in [7, 11) is 0. The maximum atomic E-state index is 11.3. The zero-order chi connectivity index (χ0) is 11.1. The third-order valence-electron chi connectivity index (χ3n) is 1.59. The van der Waals surface area contributed by atoms with Crippen molar-refractivity contribution in [2.45, 2.75) is 0 Å². The van der Waals surface area contributed by atoms with Crippen molar-refractivity contribution in [3.63, 3.8) is 0 Å². The van der Waals surface area contributed by atoms with E-state index in [2.05, 4.69) is 12.5 Å². The SMILES string of the molecule is C#CC[NH2+]CC(=C)OC(=O)c1ccco1. The molecule has 0 unspecified atom stereocenters. The van der Waals surface area contributed by atoms with Crippen LogP contribution >= 0.6 is 0 Å². The highest BCUT2D eigenvalue weighted by Gasteiger charge is 2.12. The van der Waals surface area contributed by atoms with Gasteiger partial charge >= 0.3 is 5.97 Å². The van der Waals surface area contributed by atoms with E-state index < -0.39 is 5.97 Å². The number of furan rings is 1. The molecule has 0 aliphatic heterocycles. The molecule has 15 heavy (non-hydrogen) atoms. The highest BCUT2D eigenvalue weighted by Crippen LogP contribution is 2.04. The molecule has 0 amide bonds. The van der Waals surface area contributed by atoms with Crippen molar-refractivity contribution in [2.24, 2.45) is 0 Å². The van der Waals surface area contributed by atoms with Crippen molar-refractivity contribution in [3.05, 3.63) is 36.5 Å². The van der Waals surface area contributed by atoms with Crippen molar-refractivity contribution in [3.8, 4) is 12.3 Å². The molecule has 0 aliphatic carbocycles. The summed E-state index contributed by atoms with van der Waals surface area (Å²) in [5, 5.41) is 1.80. The predicted molar refractivity (Wildman–Crippen MR) is 53.8 cm³/mol. The largest absolute Gasteiger partial charge is 0.457 e. The third kappa shape index (κ3) is 3.71. The van der Waals surface area contributed by atoms with Gasteiger partial charge < -0.3 is 14.5 Å². The second-order valence-corrected chi connectivity index (χ2v) is 2.81. The van der Waals surface area contributed by atoms with Crippen LogP contribution in [0, 0.1) is 12.3 Å². The fourth-order valence-corrected chi connectivity index (χ4v) is 0.934. The van der Waals surface area contributed by atoms with Crippen LogP contribution in [-0.4, -0.2) is 19.1 Å². The summed E-state index contributed by atoms with van der Waals surface area (Å²) in [6.45, 7) is 4.57. The average Bonchev–Trinajstić information content (AvgIpc) is 2.70. The van der Waals surface area contributed by atoms with Gasteiger partial charge in [0.05, 0.1) is 6.26 Å². The van der Waals surface area contributed by atoms with Crippen LogP contribution in [0.2, 0.25) is 0 Å². The van der Waals surface area contributed by atoms with Crippen molar-refractivity contribution in [1.82, 2.24) is 0 Å². The summed E-state index contributed by atoms with van der Waals surface area (Å²) in [5.74, 6) is 2.42. The van der Waals surface area contributed by atoms with Gasteiger partial charge in [0.25, 0.3) is 0 Å². The number of nitrogens with two attached hydrogens (primary N) is 1. The molecule has 1 rings (SSSR count). The van der Waals surface area contributed by atoms with Crippen LogP contribution in [0.5, 0.6) is 0 Å². The van der Waals surface area contributed by atoms with Gasteiger partial charge in [0.1, 0.15) is 13.1 Å². The molecular weight excluding hydrogens is 194 g/mol. The lowest BCUT2D eigenvalue weighted by Gasteiger charge is -2.03. The van der Waals surface area contributed by atoms with Crippen LogP contribution in [0.1, 0.15) is 10.6 Å². The van der Waals surface area contributed by atoms with E-state index in [4.69, 9.17) is 15.6 Å². The first-order valence-electron chi connectivity index (χ1n) is 4.42. The molecule has 1 aromatic rings. The Kier molecular flexibility index (Phi) is 4.20. The first-order chi connectivity index (χ1) is 7.24. The Bertz CT molecular complexity index is 373. The predicted octanol–water partition coefficient (Wildman–Crippen LogP) is 0.147. The molecule has 0 aliphatic rings. The van der Waals surface area contributed by atoms with Gasteiger partial charge in [-0.15, -0.1) is 6.42 Å². The summed E-state index contributed by atoms with van der Waals surface area (Å²) in [5.41, 5.74) is 0. The summed E-state index contributed by atoms with van der Waals surface area (Å²) >= 11 is 0. The van der Waals surface area contributed by atoms with Crippen molar-refractivity contribution in [2.75, 3.05) is 13.1 Å². The number of ether oxygens (including phenoxy) is 1. The van der Waals surface area contributed by atoms with Gasteiger partial charge in [-0.3, -0.25) is 0 Å². The van der Waals surface area contributed by atoms with Gasteiger partial charge in [0.15, 0.2) is 5.76 Å². The molecule has 1 heterocycles. The minimum atomic E-state index is -0.542. The molecule has 0 atom stereocenters. The van der Waals surface area contributed by atoms with E-state index >= 15 is 0 Å². The van der Waals surface area contributed by atoms with Gasteiger partial charge in [-0.05, 0) is 18.1 Å². The van der Waals surface area contributed by atoms with Gasteiger partial charge in [-0.25, -0.2) is 4.79 Å². The van der Waals surface area contributed by atoms with E-state index in [9.17, 15) is 4.79 Å². The number of quaternary nitrogens is 1. The van der Waals surface area contributed by atoms with Gasteiger partial charge in [0, 0.05) is 0 Å². The van der Waals surface area contributed by atoms with Crippen molar-refractivity contribution < 1.29 is 19.3 Å². The smallest absolute Gasteiger partial charge is 0.379 e. The minimum Gasteiger partial charge on any atom is -0.457 e. The second-order valence-electron chi connectivity index (χ2n) is 2.81. The summed E-state index contributed by atoms with van der Waals surface area (Å²) in [4.78, 5) is 11.3. The fraction of sp³-hybridized carbons (Fsp3) is 0.182. The van der Waals surface area contributed by atoms with Gasteiger partial charge in [-0.2, -0.15) is 0 Å². The number of carbonyl (C=O) groups is 1. The zero-order valence-corrected chi connectivity index (χ0v) is 8.23. The summed E-state index contributed by atoms with van der Waals surface area (Å²) < 4.78 is 9.78. The lowest BCUT2D eigenvalue weighted by Crippen LogP contribution is -2.84. The summed E-state index contributed by atoms with van der Waals surface area (Å²) in [6, 6.07) is 3.14.